The Labute approximate surface area is 606 Å². The fraction of sp³-hybridized carbons (Fsp3) is 0.408. The number of rotatable bonds is 34. The van der Waals surface area contributed by atoms with Crippen molar-refractivity contribution >= 4 is 114 Å². The molecule has 0 heterocycles. The van der Waals surface area contributed by atoms with Gasteiger partial charge in [-0.1, -0.05) is 211 Å². The number of Topliss-reactive ketones (excluding diaryl/α,β-unsaturated/α-hetero) is 1. The van der Waals surface area contributed by atoms with Gasteiger partial charge in [0, 0.05) is 12.8 Å². The molecular formula is C76H92B2N12O14. The van der Waals surface area contributed by atoms with Crippen molar-refractivity contribution in [2.75, 3.05) is 13.1 Å². The molecule has 0 bridgehead atoms. The summed E-state index contributed by atoms with van der Waals surface area (Å²) in [5.74, 6) is -10.7. The van der Waals surface area contributed by atoms with E-state index in [0.717, 1.165) is 71.2 Å². The van der Waals surface area contributed by atoms with Gasteiger partial charge in [-0.3, -0.25) is 62.3 Å². The Morgan fingerprint density at radius 1 is 0.423 bits per heavy atom. The second kappa shape index (κ2) is 40.8. The summed E-state index contributed by atoms with van der Waals surface area (Å²) in [5, 5.41) is 40.5. The highest BCUT2D eigenvalue weighted by Crippen LogP contribution is 2.29. The lowest BCUT2D eigenvalue weighted by molar-refractivity contribution is -0.141. The number of aliphatic hydroxyl groups excluding tert-OH is 1. The summed E-state index contributed by atoms with van der Waals surface area (Å²) in [6.45, 7) is 2.37. The fourth-order valence-electron chi connectivity index (χ4n) is 13.1. The molecule has 15 N–H and O–H groups in total. The van der Waals surface area contributed by atoms with Crippen LogP contribution in [0.5, 0.6) is 0 Å². The van der Waals surface area contributed by atoms with Crippen molar-refractivity contribution in [3.63, 3.8) is 0 Å². The monoisotopic (exact) mass is 1420 g/mol. The van der Waals surface area contributed by atoms with E-state index in [2.05, 4.69) is 53.2 Å². The van der Waals surface area contributed by atoms with Crippen molar-refractivity contribution in [3.05, 3.63) is 168 Å². The second-order valence-corrected chi connectivity index (χ2v) is 26.3. The summed E-state index contributed by atoms with van der Waals surface area (Å²) >= 11 is 0. The summed E-state index contributed by atoms with van der Waals surface area (Å²) in [4.78, 5) is 168. The molecule has 9 atom stereocenters. The number of nitrogens with one attached hydrogen (secondary N) is 10. The summed E-state index contributed by atoms with van der Waals surface area (Å²) in [7, 11) is 10.9. The molecule has 12 amide bonds. The van der Waals surface area contributed by atoms with Crippen LogP contribution in [0.3, 0.4) is 0 Å². The van der Waals surface area contributed by atoms with Gasteiger partial charge in [0.25, 0.3) is 11.8 Å². The molecule has 0 saturated heterocycles. The third-order valence-corrected chi connectivity index (χ3v) is 18.5. The predicted molar refractivity (Wildman–Crippen MR) is 392 cm³/mol. The molecule has 4 radical (unpaired) electrons. The second-order valence-electron chi connectivity index (χ2n) is 26.3. The van der Waals surface area contributed by atoms with Crippen LogP contribution in [0.4, 0.5) is 9.59 Å². The number of hydrogen-bond donors (Lipinski definition) is 13. The van der Waals surface area contributed by atoms with Crippen molar-refractivity contribution in [1.29, 1.82) is 0 Å². The molecule has 546 valence electrons. The van der Waals surface area contributed by atoms with Crippen LogP contribution in [0.2, 0.25) is 0 Å². The first-order chi connectivity index (χ1) is 49.9. The lowest BCUT2D eigenvalue weighted by Crippen LogP contribution is -2.59. The standard InChI is InChI=1S/C38H47BN6O7.C38H45BN6O7/c2*1-2-11-28(33(47)37(51)41-22-30(46)44-31(34(40)48)25-13-5-3-6-14-25)42-35(49)29(21-23-18-19-24-12-9-10-17-27(24)20-23)43-36(50)32(45-38(39)52)26-15-7-4-8-16-26/h3,5-6,9-10,12-14,17-20,26,28-29,31-33,47H,2,4,7-8,11,15-16,21-22H2,1H3,(H2,40,48)(H,41,51)(H,42,49)(H,43,50)(H,44,46)(H,45,52);3,5-6,9-10,12-14,17-20,26,28-29,31-32H,2,4,7-8,11,15-16,21-22H2,1H3,(H2,40,48)(H,41,51)(H,42,49)(H,43,50)(H,44,46)(H,45,52)/t28?,29-,31-,32-,33?;28?,29-,31-,32-/m00/s1. The first-order valence-corrected chi connectivity index (χ1v) is 35.3. The lowest BCUT2D eigenvalue weighted by Gasteiger charge is -2.32. The molecule has 26 nitrogen and oxygen atoms in total. The van der Waals surface area contributed by atoms with Crippen LogP contribution in [0, 0.1) is 11.8 Å². The Morgan fingerprint density at radius 2 is 0.808 bits per heavy atom. The maximum atomic E-state index is 14.0. The summed E-state index contributed by atoms with van der Waals surface area (Å²) < 4.78 is 0. The zero-order valence-electron chi connectivity index (χ0n) is 58.5. The number of amides is 12. The molecule has 6 aromatic carbocycles. The van der Waals surface area contributed by atoms with Gasteiger partial charge in [-0.05, 0) is 94.2 Å². The van der Waals surface area contributed by atoms with Gasteiger partial charge in [0.15, 0.2) is 17.7 Å². The normalized spacial score (nSPS) is 15.6. The number of fused-ring (bicyclic) bond motifs is 2. The van der Waals surface area contributed by atoms with E-state index in [1.165, 1.54) is 0 Å². The van der Waals surface area contributed by atoms with E-state index >= 15 is 0 Å². The first-order valence-electron chi connectivity index (χ1n) is 35.3. The number of nitrogens with two attached hydrogens (primary N) is 2. The highest BCUT2D eigenvalue weighted by atomic mass is 16.3. The minimum absolute atomic E-state index is 0.0399. The minimum atomic E-state index is -1.76. The summed E-state index contributed by atoms with van der Waals surface area (Å²) in [6.07, 6.45) is 7.96. The maximum Gasteiger partial charge on any atom is 0.290 e. The molecule has 2 aliphatic carbocycles. The van der Waals surface area contributed by atoms with Gasteiger partial charge in [0.05, 0.1) is 25.2 Å². The Bertz CT molecular complexity index is 3990. The Morgan fingerprint density at radius 3 is 1.21 bits per heavy atom. The molecule has 8 rings (SSSR count). The number of hydrogen-bond acceptors (Lipinski definition) is 14. The van der Waals surface area contributed by atoms with Crippen molar-refractivity contribution in [2.24, 2.45) is 23.3 Å². The van der Waals surface area contributed by atoms with Gasteiger partial charge in [-0.15, -0.1) is 0 Å². The largest absolute Gasteiger partial charge is 0.381 e. The predicted octanol–water partition coefficient (Wildman–Crippen LogP) is 3.81. The third-order valence-electron chi connectivity index (χ3n) is 18.5. The van der Waals surface area contributed by atoms with E-state index in [4.69, 9.17) is 27.2 Å². The molecule has 3 unspecified atom stereocenters. The van der Waals surface area contributed by atoms with Gasteiger partial charge < -0.3 is 69.7 Å². The molecule has 28 heteroatoms. The van der Waals surface area contributed by atoms with Crippen molar-refractivity contribution in [3.8, 4) is 0 Å². The minimum Gasteiger partial charge on any atom is -0.381 e. The molecule has 2 fully saturated rings. The lowest BCUT2D eigenvalue weighted by atomic mass is 9.83. The maximum absolute atomic E-state index is 14.0. The van der Waals surface area contributed by atoms with Crippen LogP contribution < -0.4 is 64.6 Å². The number of carbonyl (C=O) groups excluding carboxylic acids is 13. The average molecular weight is 1420 g/mol. The molecule has 0 aromatic heterocycles. The van der Waals surface area contributed by atoms with Crippen LogP contribution in [0.15, 0.2) is 146 Å². The number of carbonyl (C=O) groups is 13. The van der Waals surface area contributed by atoms with Crippen molar-refractivity contribution in [1.82, 2.24) is 53.2 Å². The van der Waals surface area contributed by atoms with Crippen molar-refractivity contribution in [2.45, 2.75) is 171 Å². The van der Waals surface area contributed by atoms with Crippen molar-refractivity contribution < 1.29 is 67.4 Å². The summed E-state index contributed by atoms with van der Waals surface area (Å²) in [5.41, 5.74) is 13.3. The van der Waals surface area contributed by atoms with Gasteiger partial charge >= 0.3 is 0 Å². The Balaban J connectivity index is 0.000000291. The number of aliphatic hydroxyl groups is 1. The highest BCUT2D eigenvalue weighted by Gasteiger charge is 2.38. The van der Waals surface area contributed by atoms with Gasteiger partial charge in [-0.2, -0.15) is 0 Å². The fourth-order valence-corrected chi connectivity index (χ4v) is 13.1. The Kier molecular flexibility index (Phi) is 31.6. The van der Waals surface area contributed by atoms with Gasteiger partial charge in [0.1, 0.15) is 36.3 Å². The van der Waals surface area contributed by atoms with E-state index in [1.54, 1.807) is 67.6 Å². The molecule has 2 aliphatic rings. The highest BCUT2D eigenvalue weighted by molar-refractivity contribution is 6.57. The summed E-state index contributed by atoms with van der Waals surface area (Å²) in [6, 6.07) is 34.4. The van der Waals surface area contributed by atoms with Crippen LogP contribution in [0.25, 0.3) is 21.5 Å². The van der Waals surface area contributed by atoms with Crippen LogP contribution >= 0.6 is 0 Å². The van der Waals surface area contributed by atoms with Gasteiger partial charge in [0.2, 0.25) is 68.7 Å². The van der Waals surface area contributed by atoms with Crippen LogP contribution in [-0.4, -0.2) is 153 Å². The molecule has 104 heavy (non-hydrogen) atoms. The molecule has 6 aromatic rings. The molecule has 2 saturated carbocycles. The first kappa shape index (κ1) is 80.6. The smallest absolute Gasteiger partial charge is 0.290 e. The number of ketones is 1. The van der Waals surface area contributed by atoms with E-state index in [9.17, 15) is 67.4 Å². The number of benzene rings is 6. The quantitative estimate of drug-likeness (QED) is 0.0202. The van der Waals surface area contributed by atoms with Crippen LogP contribution in [-0.2, 0) is 65.6 Å². The van der Waals surface area contributed by atoms with E-state index in [1.807, 2.05) is 91.9 Å². The van der Waals surface area contributed by atoms with E-state index < -0.39 is 144 Å². The Hall–Kier alpha value is -10.8. The third kappa shape index (κ3) is 24.8. The zero-order chi connectivity index (χ0) is 75.2. The van der Waals surface area contributed by atoms with Gasteiger partial charge in [-0.25, -0.2) is 0 Å². The number of primary amides is 2. The molecule has 0 spiro atoms. The molecule has 0 aliphatic heterocycles. The van der Waals surface area contributed by atoms with E-state index in [-0.39, 0.29) is 37.5 Å². The topological polar surface area (TPSA) is 414 Å². The zero-order valence-corrected chi connectivity index (χ0v) is 58.5. The molecular weight excluding hydrogens is 1330 g/mol. The van der Waals surface area contributed by atoms with Crippen LogP contribution in [0.1, 0.15) is 138 Å². The average Bonchev–Trinajstić information content (AvgIpc) is 0.825. The van der Waals surface area contributed by atoms with E-state index in [0.29, 0.717) is 49.7 Å². The SMILES string of the molecule is [B]C(=O)N[C@H](C(=O)N[C@@H](Cc1ccc2ccccc2c1)C(=O)NC(CCC)C(=O)C(=O)NCC(=O)N[C@H](C(N)=O)c1ccccc1)C1CCCCC1.[B]C(=O)N[C@H](C(=O)N[C@@H](Cc1ccc2ccccc2c1)C(=O)NC(CCC)C(O)C(=O)NCC(=O)N[C@H](C(N)=O)c1ccccc1)C1CCCCC1.